The number of rotatable bonds is 3. The molecule has 1 saturated heterocycles. The van der Waals surface area contributed by atoms with E-state index in [1.54, 1.807) is 6.92 Å². The van der Waals surface area contributed by atoms with Crippen LogP contribution in [0.3, 0.4) is 0 Å². The Hall–Kier alpha value is -0.950. The van der Waals surface area contributed by atoms with E-state index >= 15 is 0 Å². The van der Waals surface area contributed by atoms with E-state index in [2.05, 4.69) is 10.1 Å². The first-order valence-corrected chi connectivity index (χ1v) is 7.06. The second-order valence-corrected chi connectivity index (χ2v) is 6.24. The van der Waals surface area contributed by atoms with Gasteiger partial charge in [0.15, 0.2) is 15.7 Å². The molecule has 0 bridgehead atoms. The molecule has 0 radical (unpaired) electrons. The van der Waals surface area contributed by atoms with Gasteiger partial charge in [-0.3, -0.25) is 0 Å². The highest BCUT2D eigenvalue weighted by Crippen LogP contribution is 2.28. The van der Waals surface area contributed by atoms with E-state index in [4.69, 9.17) is 4.52 Å². The molecule has 2 unspecified atom stereocenters. The van der Waals surface area contributed by atoms with Gasteiger partial charge in [0.05, 0.1) is 17.4 Å². The zero-order valence-corrected chi connectivity index (χ0v) is 9.77. The van der Waals surface area contributed by atoms with Crippen molar-refractivity contribution in [3.63, 3.8) is 0 Å². The number of sulfone groups is 1. The summed E-state index contributed by atoms with van der Waals surface area (Å²) in [5.74, 6) is 0.587. The van der Waals surface area contributed by atoms with E-state index in [0.29, 0.717) is 18.7 Å². The van der Waals surface area contributed by atoms with Gasteiger partial charge in [-0.1, -0.05) is 12.1 Å². The van der Waals surface area contributed by atoms with Crippen LogP contribution in [0, 0.1) is 0 Å². The molecule has 0 aromatic carbocycles. The monoisotopic (exact) mass is 246 g/mol. The first-order valence-electron chi connectivity index (χ1n) is 5.24. The quantitative estimate of drug-likeness (QED) is 0.830. The molecule has 1 aliphatic rings. The molecule has 1 fully saturated rings. The van der Waals surface area contributed by atoms with Gasteiger partial charge in [0.2, 0.25) is 5.89 Å². The van der Waals surface area contributed by atoms with Crippen molar-refractivity contribution in [3.05, 3.63) is 11.7 Å². The molecular weight excluding hydrogens is 232 g/mol. The zero-order chi connectivity index (χ0) is 11.8. The van der Waals surface area contributed by atoms with E-state index < -0.39 is 15.9 Å². The predicted octanol–water partition coefficient (Wildman–Crippen LogP) is 0.415. The topological polar surface area (TPSA) is 93.3 Å². The van der Waals surface area contributed by atoms with E-state index in [-0.39, 0.29) is 23.2 Å². The summed E-state index contributed by atoms with van der Waals surface area (Å²) in [7, 11) is -2.95. The van der Waals surface area contributed by atoms with Crippen LogP contribution in [0.4, 0.5) is 0 Å². The lowest BCUT2D eigenvalue weighted by Gasteiger charge is -2.00. The summed E-state index contributed by atoms with van der Waals surface area (Å²) in [5.41, 5.74) is 0. The summed E-state index contributed by atoms with van der Waals surface area (Å²) in [5, 5.41) is 13.1. The van der Waals surface area contributed by atoms with Crippen molar-refractivity contribution in [3.8, 4) is 0 Å². The SMILES string of the molecule is CCC(O)c1noc(C2CCS(=O)(=O)C2)n1. The number of hydrogen-bond acceptors (Lipinski definition) is 6. The standard InChI is InChI=1S/C9H14N2O4S/c1-2-7(12)8-10-9(15-11-8)6-3-4-16(13,14)5-6/h6-7,12H,2-5H2,1H3. The largest absolute Gasteiger partial charge is 0.385 e. The minimum atomic E-state index is -2.95. The second-order valence-electron chi connectivity index (χ2n) is 4.01. The lowest BCUT2D eigenvalue weighted by atomic mass is 10.1. The van der Waals surface area contributed by atoms with E-state index in [1.165, 1.54) is 0 Å². The Labute approximate surface area is 93.6 Å². The number of nitrogens with zero attached hydrogens (tertiary/aromatic N) is 2. The predicted molar refractivity (Wildman–Crippen MR) is 55.6 cm³/mol. The molecule has 2 heterocycles. The molecule has 2 rings (SSSR count). The maximum atomic E-state index is 11.3. The normalized spacial score (nSPS) is 25.8. The molecule has 0 saturated carbocycles. The third kappa shape index (κ3) is 2.25. The second kappa shape index (κ2) is 4.14. The lowest BCUT2D eigenvalue weighted by Crippen LogP contribution is -2.04. The fourth-order valence-electron chi connectivity index (χ4n) is 1.72. The molecule has 1 aromatic heterocycles. The molecule has 2 atom stereocenters. The number of aromatic nitrogens is 2. The molecular formula is C9H14N2O4S. The van der Waals surface area contributed by atoms with Crippen LogP contribution in [0.25, 0.3) is 0 Å². The van der Waals surface area contributed by atoms with Crippen molar-refractivity contribution < 1.29 is 18.0 Å². The van der Waals surface area contributed by atoms with Gasteiger partial charge in [-0.15, -0.1) is 0 Å². The van der Waals surface area contributed by atoms with Gasteiger partial charge in [0, 0.05) is 0 Å². The molecule has 90 valence electrons. The third-order valence-electron chi connectivity index (χ3n) is 2.72. The zero-order valence-electron chi connectivity index (χ0n) is 8.96. The molecule has 0 spiro atoms. The Morgan fingerprint density at radius 3 is 2.94 bits per heavy atom. The minimum Gasteiger partial charge on any atom is -0.385 e. The minimum absolute atomic E-state index is 0.0663. The van der Waals surface area contributed by atoms with Gasteiger partial charge in [0.1, 0.15) is 6.10 Å². The summed E-state index contributed by atoms with van der Waals surface area (Å²) in [4.78, 5) is 4.04. The Balaban J connectivity index is 2.14. The third-order valence-corrected chi connectivity index (χ3v) is 4.49. The summed E-state index contributed by atoms with van der Waals surface area (Å²) < 4.78 is 27.5. The van der Waals surface area contributed by atoms with Crippen LogP contribution in [-0.2, 0) is 9.84 Å². The van der Waals surface area contributed by atoms with Gasteiger partial charge in [0.25, 0.3) is 0 Å². The number of aliphatic hydroxyl groups excluding tert-OH is 1. The van der Waals surface area contributed by atoms with Crippen molar-refractivity contribution in [2.75, 3.05) is 11.5 Å². The average Bonchev–Trinajstić information content (AvgIpc) is 2.83. The van der Waals surface area contributed by atoms with Crippen LogP contribution in [0.15, 0.2) is 4.52 Å². The molecule has 16 heavy (non-hydrogen) atoms. The van der Waals surface area contributed by atoms with Crippen molar-refractivity contribution in [1.29, 1.82) is 0 Å². The highest BCUT2D eigenvalue weighted by molar-refractivity contribution is 7.91. The van der Waals surface area contributed by atoms with E-state index in [1.807, 2.05) is 0 Å². The van der Waals surface area contributed by atoms with E-state index in [9.17, 15) is 13.5 Å². The Morgan fingerprint density at radius 2 is 2.38 bits per heavy atom. The average molecular weight is 246 g/mol. The van der Waals surface area contributed by atoms with Crippen molar-refractivity contribution in [2.24, 2.45) is 0 Å². The van der Waals surface area contributed by atoms with E-state index in [0.717, 1.165) is 0 Å². The van der Waals surface area contributed by atoms with Crippen LogP contribution < -0.4 is 0 Å². The first-order chi connectivity index (χ1) is 7.52. The molecule has 1 aliphatic heterocycles. The maximum Gasteiger partial charge on any atom is 0.230 e. The van der Waals surface area contributed by atoms with Crippen LogP contribution >= 0.6 is 0 Å². The lowest BCUT2D eigenvalue weighted by molar-refractivity contribution is 0.159. The molecule has 7 heteroatoms. The van der Waals surface area contributed by atoms with Crippen molar-refractivity contribution >= 4 is 9.84 Å². The molecule has 6 nitrogen and oxygen atoms in total. The van der Waals surface area contributed by atoms with Crippen LogP contribution in [-0.4, -0.2) is 35.2 Å². The Kier molecular flexibility index (Phi) is 2.98. The summed E-state index contributed by atoms with van der Waals surface area (Å²) in [6, 6.07) is 0. The fourth-order valence-corrected chi connectivity index (χ4v) is 3.45. The van der Waals surface area contributed by atoms with Gasteiger partial charge < -0.3 is 9.63 Å². The fraction of sp³-hybridized carbons (Fsp3) is 0.778. The summed E-state index contributed by atoms with van der Waals surface area (Å²) in [6.45, 7) is 1.81. The number of hydrogen-bond donors (Lipinski definition) is 1. The summed E-state index contributed by atoms with van der Waals surface area (Å²) in [6.07, 6.45) is 0.282. The molecule has 1 aromatic rings. The highest BCUT2D eigenvalue weighted by Gasteiger charge is 2.33. The smallest absolute Gasteiger partial charge is 0.230 e. The van der Waals surface area contributed by atoms with Crippen LogP contribution in [0.1, 0.15) is 43.5 Å². The summed E-state index contributed by atoms with van der Waals surface area (Å²) >= 11 is 0. The van der Waals surface area contributed by atoms with Crippen LogP contribution in [0.2, 0.25) is 0 Å². The maximum absolute atomic E-state index is 11.3. The first kappa shape index (κ1) is 11.5. The molecule has 1 N–H and O–H groups in total. The Morgan fingerprint density at radius 1 is 1.62 bits per heavy atom. The molecule has 0 aliphatic carbocycles. The van der Waals surface area contributed by atoms with Crippen molar-refractivity contribution in [1.82, 2.24) is 10.1 Å². The van der Waals surface area contributed by atoms with Crippen LogP contribution in [0.5, 0.6) is 0 Å². The van der Waals surface area contributed by atoms with Gasteiger partial charge in [-0.05, 0) is 12.8 Å². The van der Waals surface area contributed by atoms with Gasteiger partial charge >= 0.3 is 0 Å². The van der Waals surface area contributed by atoms with Gasteiger partial charge in [-0.2, -0.15) is 4.98 Å². The Bertz CT molecular complexity index is 468. The highest BCUT2D eigenvalue weighted by atomic mass is 32.2. The molecule has 0 amide bonds. The number of aliphatic hydroxyl groups is 1. The van der Waals surface area contributed by atoms with Gasteiger partial charge in [-0.25, -0.2) is 8.42 Å². The van der Waals surface area contributed by atoms with Crippen molar-refractivity contribution in [2.45, 2.75) is 31.8 Å².